The standard InChI is InChI=1S/C16H9I2N3O/c17-11-6-9(15(22)12(18)7-11)5-10(8-19)16-20-13-3-1-2-4-14(13)21-16/h1-7,22H,(H,20,21). The summed E-state index contributed by atoms with van der Waals surface area (Å²) in [6, 6.07) is 13.5. The second kappa shape index (κ2) is 6.26. The molecule has 0 saturated carbocycles. The minimum atomic E-state index is 0.171. The Morgan fingerprint density at radius 3 is 2.77 bits per heavy atom. The number of H-pyrrole nitrogens is 1. The zero-order valence-electron chi connectivity index (χ0n) is 11.1. The lowest BCUT2D eigenvalue weighted by atomic mass is 10.1. The number of aromatic amines is 1. The maximum absolute atomic E-state index is 10.2. The van der Waals surface area contributed by atoms with Gasteiger partial charge >= 0.3 is 0 Å². The maximum Gasteiger partial charge on any atom is 0.149 e. The normalized spacial score (nSPS) is 11.6. The summed E-state index contributed by atoms with van der Waals surface area (Å²) in [5.41, 5.74) is 2.66. The van der Waals surface area contributed by atoms with E-state index in [-0.39, 0.29) is 5.75 Å². The van der Waals surface area contributed by atoms with Crippen LogP contribution < -0.4 is 0 Å². The van der Waals surface area contributed by atoms with Crippen LogP contribution in [-0.4, -0.2) is 15.1 Å². The number of para-hydroxylation sites is 2. The van der Waals surface area contributed by atoms with Crippen LogP contribution >= 0.6 is 45.2 Å². The minimum Gasteiger partial charge on any atom is -0.506 e. The van der Waals surface area contributed by atoms with E-state index in [0.29, 0.717) is 17.0 Å². The lowest BCUT2D eigenvalue weighted by Crippen LogP contribution is -1.87. The average molecular weight is 513 g/mol. The molecule has 0 unspecified atom stereocenters. The highest BCUT2D eigenvalue weighted by molar-refractivity contribution is 14.1. The lowest BCUT2D eigenvalue weighted by molar-refractivity contribution is 0.470. The summed E-state index contributed by atoms with van der Waals surface area (Å²) in [7, 11) is 0. The summed E-state index contributed by atoms with van der Waals surface area (Å²) in [5.74, 6) is 0.668. The van der Waals surface area contributed by atoms with Gasteiger partial charge in [-0.1, -0.05) is 12.1 Å². The lowest BCUT2D eigenvalue weighted by Gasteiger charge is -2.04. The smallest absolute Gasteiger partial charge is 0.149 e. The van der Waals surface area contributed by atoms with Gasteiger partial charge in [0.15, 0.2) is 0 Å². The Morgan fingerprint density at radius 1 is 1.27 bits per heavy atom. The Bertz CT molecular complexity index is 905. The van der Waals surface area contributed by atoms with Crippen LogP contribution in [0.15, 0.2) is 36.4 Å². The molecule has 0 amide bonds. The fourth-order valence-electron chi connectivity index (χ4n) is 2.09. The van der Waals surface area contributed by atoms with Crippen LogP contribution in [0.25, 0.3) is 22.7 Å². The van der Waals surface area contributed by atoms with E-state index < -0.39 is 0 Å². The topological polar surface area (TPSA) is 72.7 Å². The maximum atomic E-state index is 10.2. The van der Waals surface area contributed by atoms with Gasteiger partial charge in [-0.05, 0) is 75.5 Å². The first kappa shape index (κ1) is 15.3. The number of nitrogens with one attached hydrogen (secondary N) is 1. The summed E-state index contributed by atoms with van der Waals surface area (Å²) in [6.07, 6.45) is 1.65. The van der Waals surface area contributed by atoms with Gasteiger partial charge in [0, 0.05) is 9.13 Å². The Balaban J connectivity index is 2.13. The van der Waals surface area contributed by atoms with Crippen LogP contribution in [0.1, 0.15) is 11.4 Å². The number of imidazole rings is 1. The van der Waals surface area contributed by atoms with Gasteiger partial charge < -0.3 is 10.1 Å². The molecule has 108 valence electrons. The largest absolute Gasteiger partial charge is 0.506 e. The monoisotopic (exact) mass is 513 g/mol. The fourth-order valence-corrected chi connectivity index (χ4v) is 3.98. The molecular formula is C16H9I2N3O. The first-order valence-electron chi connectivity index (χ1n) is 6.33. The summed E-state index contributed by atoms with van der Waals surface area (Å²) in [4.78, 5) is 7.55. The van der Waals surface area contributed by atoms with Crippen LogP contribution in [0.2, 0.25) is 0 Å². The van der Waals surface area contributed by atoms with Crippen molar-refractivity contribution in [2.45, 2.75) is 0 Å². The summed E-state index contributed by atoms with van der Waals surface area (Å²) >= 11 is 4.25. The number of aromatic nitrogens is 2. The summed E-state index contributed by atoms with van der Waals surface area (Å²) in [6.45, 7) is 0. The van der Waals surface area contributed by atoms with Crippen molar-refractivity contribution >= 4 is 67.9 Å². The Hall–Kier alpha value is -1.60. The number of rotatable bonds is 2. The van der Waals surface area contributed by atoms with Crippen molar-refractivity contribution in [1.82, 2.24) is 9.97 Å². The molecule has 0 aliphatic rings. The molecule has 0 radical (unpaired) electrons. The number of hydrogen-bond donors (Lipinski definition) is 2. The Morgan fingerprint density at radius 2 is 2.05 bits per heavy atom. The van der Waals surface area contributed by atoms with E-state index in [1.807, 2.05) is 36.4 Å². The van der Waals surface area contributed by atoms with Crippen molar-refractivity contribution in [3.8, 4) is 11.8 Å². The van der Waals surface area contributed by atoms with Crippen molar-refractivity contribution in [1.29, 1.82) is 5.26 Å². The van der Waals surface area contributed by atoms with E-state index in [9.17, 15) is 10.4 Å². The zero-order valence-corrected chi connectivity index (χ0v) is 15.5. The Labute approximate surface area is 154 Å². The number of phenolic OH excluding ortho intramolecular Hbond substituents is 1. The number of allylic oxidation sites excluding steroid dienone is 1. The van der Waals surface area contributed by atoms with Crippen LogP contribution in [0.4, 0.5) is 0 Å². The Kier molecular flexibility index (Phi) is 4.35. The fraction of sp³-hybridized carbons (Fsp3) is 0. The average Bonchev–Trinajstić information content (AvgIpc) is 2.93. The van der Waals surface area contributed by atoms with E-state index in [1.54, 1.807) is 6.08 Å². The third-order valence-corrected chi connectivity index (χ3v) is 4.57. The molecule has 0 bridgehead atoms. The molecule has 1 heterocycles. The summed E-state index contributed by atoms with van der Waals surface area (Å²) in [5, 5.41) is 19.6. The van der Waals surface area contributed by atoms with Gasteiger partial charge in [0.1, 0.15) is 17.6 Å². The van der Waals surface area contributed by atoms with Crippen LogP contribution in [0.3, 0.4) is 0 Å². The molecule has 0 spiro atoms. The van der Waals surface area contributed by atoms with Crippen LogP contribution in [0, 0.1) is 18.5 Å². The molecule has 2 N–H and O–H groups in total. The van der Waals surface area contributed by atoms with Gasteiger partial charge in [-0.15, -0.1) is 0 Å². The van der Waals surface area contributed by atoms with Gasteiger partial charge in [0.05, 0.1) is 20.2 Å². The molecule has 3 rings (SSSR count). The van der Waals surface area contributed by atoms with E-state index in [2.05, 4.69) is 61.2 Å². The van der Waals surface area contributed by atoms with Crippen molar-refractivity contribution in [2.24, 2.45) is 0 Å². The van der Waals surface area contributed by atoms with Crippen molar-refractivity contribution in [3.05, 3.63) is 54.9 Å². The third-order valence-electron chi connectivity index (χ3n) is 3.12. The third kappa shape index (κ3) is 2.96. The van der Waals surface area contributed by atoms with Crippen LogP contribution in [0.5, 0.6) is 5.75 Å². The van der Waals surface area contributed by atoms with Crippen LogP contribution in [-0.2, 0) is 0 Å². The highest BCUT2D eigenvalue weighted by Gasteiger charge is 2.11. The molecule has 22 heavy (non-hydrogen) atoms. The first-order chi connectivity index (χ1) is 10.6. The first-order valence-corrected chi connectivity index (χ1v) is 8.49. The number of benzene rings is 2. The highest BCUT2D eigenvalue weighted by Crippen LogP contribution is 2.30. The number of halogens is 2. The molecule has 0 fully saturated rings. The van der Waals surface area contributed by atoms with Crippen molar-refractivity contribution in [3.63, 3.8) is 0 Å². The number of nitriles is 1. The van der Waals surface area contributed by atoms with E-state index >= 15 is 0 Å². The molecule has 0 aliphatic heterocycles. The predicted octanol–water partition coefficient (Wildman–Crippen LogP) is 4.54. The number of fused-ring (bicyclic) bond motifs is 1. The SMILES string of the molecule is N#CC(=Cc1cc(I)cc(I)c1O)c1nc2ccccc2[nH]1. The zero-order chi connectivity index (χ0) is 15.7. The highest BCUT2D eigenvalue weighted by atomic mass is 127. The molecule has 4 nitrogen and oxygen atoms in total. The number of aromatic hydroxyl groups is 1. The molecular weight excluding hydrogens is 504 g/mol. The molecule has 6 heteroatoms. The molecule has 3 aromatic rings. The molecule has 0 aliphatic carbocycles. The second-order valence-corrected chi connectivity index (χ2v) is 7.01. The van der Waals surface area contributed by atoms with Gasteiger partial charge in [-0.25, -0.2) is 4.98 Å². The molecule has 0 saturated heterocycles. The second-order valence-electron chi connectivity index (χ2n) is 4.60. The molecule has 1 aromatic heterocycles. The molecule has 2 aromatic carbocycles. The number of hydrogen-bond acceptors (Lipinski definition) is 3. The molecule has 0 atom stereocenters. The van der Waals surface area contributed by atoms with E-state index in [4.69, 9.17) is 0 Å². The van der Waals surface area contributed by atoms with Crippen molar-refractivity contribution in [2.75, 3.05) is 0 Å². The predicted molar refractivity (Wildman–Crippen MR) is 103 cm³/mol. The quantitative estimate of drug-likeness (QED) is 0.391. The van der Waals surface area contributed by atoms with E-state index in [0.717, 1.165) is 18.2 Å². The number of nitrogens with zero attached hydrogens (tertiary/aromatic N) is 2. The van der Waals surface area contributed by atoms with Crippen molar-refractivity contribution < 1.29 is 5.11 Å². The number of phenols is 1. The van der Waals surface area contributed by atoms with E-state index in [1.165, 1.54) is 0 Å². The minimum absolute atomic E-state index is 0.171. The van der Waals surface area contributed by atoms with Gasteiger partial charge in [0.25, 0.3) is 0 Å². The van der Waals surface area contributed by atoms with Gasteiger partial charge in [-0.2, -0.15) is 5.26 Å². The van der Waals surface area contributed by atoms with Gasteiger partial charge in [0.2, 0.25) is 0 Å². The summed E-state index contributed by atoms with van der Waals surface area (Å²) < 4.78 is 1.74. The van der Waals surface area contributed by atoms with Gasteiger partial charge in [-0.3, -0.25) is 0 Å².